The average molecular weight is 342 g/mol. The number of hydrogen-bond donors (Lipinski definition) is 0. The largest absolute Gasteiger partial charge is 0.495 e. The summed E-state index contributed by atoms with van der Waals surface area (Å²) in [5.41, 5.74) is 3.05. The van der Waals surface area contributed by atoms with E-state index in [0.29, 0.717) is 13.1 Å². The summed E-state index contributed by atoms with van der Waals surface area (Å²) in [6.07, 6.45) is 0. The number of anilines is 1. The van der Waals surface area contributed by atoms with Gasteiger partial charge in [0.15, 0.2) is 0 Å². The third-order valence-electron chi connectivity index (χ3n) is 4.79. The Hall–Kier alpha value is -2.50. The zero-order valence-corrected chi connectivity index (χ0v) is 15.4. The van der Waals surface area contributed by atoms with Gasteiger partial charge >= 0.3 is 0 Å². The highest BCUT2D eigenvalue weighted by Crippen LogP contribution is 2.28. The van der Waals surface area contributed by atoms with Crippen molar-refractivity contribution in [2.45, 2.75) is 26.8 Å². The van der Waals surface area contributed by atoms with Gasteiger partial charge in [-0.1, -0.05) is 12.1 Å². The van der Waals surface area contributed by atoms with E-state index in [2.05, 4.69) is 16.1 Å². The lowest BCUT2D eigenvalue weighted by Crippen LogP contribution is -2.50. The van der Waals surface area contributed by atoms with E-state index in [-0.39, 0.29) is 11.9 Å². The van der Waals surface area contributed by atoms with Gasteiger partial charge in [-0.2, -0.15) is 5.10 Å². The zero-order valence-electron chi connectivity index (χ0n) is 15.4. The molecule has 134 valence electrons. The molecule has 1 aliphatic heterocycles. The SMILES string of the molecule is COc1ccccc1N1CCN(C(=O)[C@H](C)n2nc(C)cc2C)CC1. The van der Waals surface area contributed by atoms with Crippen molar-refractivity contribution in [2.24, 2.45) is 0 Å². The van der Waals surface area contributed by atoms with Crippen molar-refractivity contribution in [3.8, 4) is 5.75 Å². The van der Waals surface area contributed by atoms with E-state index >= 15 is 0 Å². The molecule has 1 fully saturated rings. The van der Waals surface area contributed by atoms with Crippen LogP contribution in [0.25, 0.3) is 0 Å². The highest BCUT2D eigenvalue weighted by atomic mass is 16.5. The Morgan fingerprint density at radius 3 is 2.44 bits per heavy atom. The van der Waals surface area contributed by atoms with E-state index < -0.39 is 0 Å². The number of carbonyl (C=O) groups is 1. The van der Waals surface area contributed by atoms with Crippen molar-refractivity contribution in [1.82, 2.24) is 14.7 Å². The van der Waals surface area contributed by atoms with Gasteiger partial charge in [0.1, 0.15) is 11.8 Å². The molecule has 6 heteroatoms. The number of rotatable bonds is 4. The minimum atomic E-state index is -0.272. The van der Waals surface area contributed by atoms with Crippen LogP contribution in [0.2, 0.25) is 0 Å². The lowest BCUT2D eigenvalue weighted by atomic mass is 10.2. The molecule has 0 saturated carbocycles. The summed E-state index contributed by atoms with van der Waals surface area (Å²) >= 11 is 0. The van der Waals surface area contributed by atoms with Crippen LogP contribution in [-0.2, 0) is 4.79 Å². The van der Waals surface area contributed by atoms with Crippen LogP contribution < -0.4 is 9.64 Å². The van der Waals surface area contributed by atoms with Gasteiger partial charge in [0.2, 0.25) is 5.91 Å². The van der Waals surface area contributed by atoms with E-state index in [1.54, 1.807) is 7.11 Å². The molecule has 1 amide bonds. The van der Waals surface area contributed by atoms with Crippen LogP contribution in [-0.4, -0.2) is 53.9 Å². The van der Waals surface area contributed by atoms with E-state index in [4.69, 9.17) is 4.74 Å². The molecule has 1 saturated heterocycles. The lowest BCUT2D eigenvalue weighted by Gasteiger charge is -2.37. The molecule has 0 bridgehead atoms. The standard InChI is InChI=1S/C19H26N4O2/c1-14-13-15(2)23(20-14)16(3)19(24)22-11-9-21(10-12-22)17-7-5-6-8-18(17)25-4/h5-8,13,16H,9-12H2,1-4H3/t16-/m0/s1. The lowest BCUT2D eigenvalue weighted by molar-refractivity contribution is -0.134. The first-order valence-corrected chi connectivity index (χ1v) is 8.70. The third kappa shape index (κ3) is 3.48. The van der Waals surface area contributed by atoms with Crippen LogP contribution in [0.4, 0.5) is 5.69 Å². The topological polar surface area (TPSA) is 50.6 Å². The Labute approximate surface area is 149 Å². The molecule has 0 N–H and O–H groups in total. The Kier molecular flexibility index (Phi) is 4.97. The maximum atomic E-state index is 12.8. The fourth-order valence-electron chi connectivity index (χ4n) is 3.47. The molecule has 25 heavy (non-hydrogen) atoms. The van der Waals surface area contributed by atoms with Crippen LogP contribution in [0.15, 0.2) is 30.3 Å². The molecular weight excluding hydrogens is 316 g/mol. The van der Waals surface area contributed by atoms with Gasteiger partial charge in [-0.25, -0.2) is 0 Å². The van der Waals surface area contributed by atoms with Crippen molar-refractivity contribution in [3.63, 3.8) is 0 Å². The van der Waals surface area contributed by atoms with Crippen LogP contribution in [0.3, 0.4) is 0 Å². The Morgan fingerprint density at radius 1 is 1.16 bits per heavy atom. The molecule has 0 aliphatic carbocycles. The van der Waals surface area contributed by atoms with Gasteiger partial charge in [-0.3, -0.25) is 9.48 Å². The maximum Gasteiger partial charge on any atom is 0.247 e. The number of piperazine rings is 1. The molecule has 2 aromatic rings. The second kappa shape index (κ2) is 7.17. The number of aromatic nitrogens is 2. The molecule has 3 rings (SSSR count). The van der Waals surface area contributed by atoms with Crippen molar-refractivity contribution >= 4 is 11.6 Å². The van der Waals surface area contributed by atoms with Gasteiger partial charge < -0.3 is 14.5 Å². The summed E-state index contributed by atoms with van der Waals surface area (Å²) in [5, 5.41) is 4.45. The highest BCUT2D eigenvalue weighted by molar-refractivity contribution is 5.80. The third-order valence-corrected chi connectivity index (χ3v) is 4.79. The maximum absolute atomic E-state index is 12.8. The van der Waals surface area contributed by atoms with Gasteiger partial charge in [0.25, 0.3) is 0 Å². The van der Waals surface area contributed by atoms with Gasteiger partial charge in [0, 0.05) is 31.9 Å². The monoisotopic (exact) mass is 342 g/mol. The zero-order chi connectivity index (χ0) is 18.0. The van der Waals surface area contributed by atoms with Gasteiger partial charge in [-0.05, 0) is 39.0 Å². The summed E-state index contributed by atoms with van der Waals surface area (Å²) < 4.78 is 7.27. The summed E-state index contributed by atoms with van der Waals surface area (Å²) in [5.74, 6) is 1.00. The number of amides is 1. The number of aryl methyl sites for hydroxylation is 2. The normalized spacial score (nSPS) is 16.0. The van der Waals surface area contributed by atoms with Crippen LogP contribution >= 0.6 is 0 Å². The molecule has 1 aromatic heterocycles. The minimum Gasteiger partial charge on any atom is -0.495 e. The first-order valence-electron chi connectivity index (χ1n) is 8.70. The predicted octanol–water partition coefficient (Wildman–Crippen LogP) is 2.42. The number of para-hydroxylation sites is 2. The number of benzene rings is 1. The smallest absolute Gasteiger partial charge is 0.247 e. The summed E-state index contributed by atoms with van der Waals surface area (Å²) in [7, 11) is 1.69. The average Bonchev–Trinajstić information content (AvgIpc) is 2.98. The van der Waals surface area contributed by atoms with Crippen molar-refractivity contribution in [2.75, 3.05) is 38.2 Å². The molecule has 6 nitrogen and oxygen atoms in total. The number of nitrogens with zero attached hydrogens (tertiary/aromatic N) is 4. The summed E-state index contributed by atoms with van der Waals surface area (Å²) in [4.78, 5) is 17.1. The van der Waals surface area contributed by atoms with Crippen LogP contribution in [0.1, 0.15) is 24.4 Å². The molecule has 1 aliphatic rings. The number of methoxy groups -OCH3 is 1. The van der Waals surface area contributed by atoms with Gasteiger partial charge in [-0.15, -0.1) is 0 Å². The number of carbonyl (C=O) groups excluding carboxylic acids is 1. The Bertz CT molecular complexity index is 748. The predicted molar refractivity (Wildman–Crippen MR) is 98.2 cm³/mol. The van der Waals surface area contributed by atoms with Crippen LogP contribution in [0, 0.1) is 13.8 Å². The second-order valence-corrected chi connectivity index (χ2v) is 6.53. The molecule has 0 spiro atoms. The summed E-state index contributed by atoms with van der Waals surface area (Å²) in [6.45, 7) is 8.89. The Balaban J connectivity index is 1.65. The summed E-state index contributed by atoms with van der Waals surface area (Å²) in [6, 6.07) is 9.75. The minimum absolute atomic E-state index is 0.130. The molecule has 0 unspecified atom stereocenters. The van der Waals surface area contributed by atoms with E-state index in [9.17, 15) is 4.79 Å². The molecule has 2 heterocycles. The fraction of sp³-hybridized carbons (Fsp3) is 0.474. The van der Waals surface area contributed by atoms with Crippen molar-refractivity contribution < 1.29 is 9.53 Å². The Morgan fingerprint density at radius 2 is 1.84 bits per heavy atom. The fourth-order valence-corrected chi connectivity index (χ4v) is 3.47. The van der Waals surface area contributed by atoms with Gasteiger partial charge in [0.05, 0.1) is 18.5 Å². The van der Waals surface area contributed by atoms with E-state index in [1.807, 2.05) is 54.6 Å². The van der Waals surface area contributed by atoms with Crippen molar-refractivity contribution in [3.05, 3.63) is 41.7 Å². The number of ether oxygens (including phenoxy) is 1. The molecule has 0 radical (unpaired) electrons. The first kappa shape index (κ1) is 17.3. The van der Waals surface area contributed by atoms with Crippen molar-refractivity contribution in [1.29, 1.82) is 0 Å². The molecule has 1 aromatic carbocycles. The molecule has 1 atom stereocenters. The van der Waals surface area contributed by atoms with E-state index in [0.717, 1.165) is 35.9 Å². The highest BCUT2D eigenvalue weighted by Gasteiger charge is 2.27. The number of hydrogen-bond acceptors (Lipinski definition) is 4. The molecular formula is C19H26N4O2. The quantitative estimate of drug-likeness (QED) is 0.856. The van der Waals surface area contributed by atoms with E-state index in [1.165, 1.54) is 0 Å². The van der Waals surface area contributed by atoms with Crippen LogP contribution in [0.5, 0.6) is 5.75 Å². The second-order valence-electron chi connectivity index (χ2n) is 6.53. The first-order chi connectivity index (χ1) is 12.0.